The van der Waals surface area contributed by atoms with Crippen molar-refractivity contribution in [2.45, 2.75) is 45.1 Å². The Labute approximate surface area is 205 Å². The zero-order valence-corrected chi connectivity index (χ0v) is 20.0. The highest BCUT2D eigenvalue weighted by Crippen LogP contribution is 2.33. The van der Waals surface area contributed by atoms with E-state index in [2.05, 4.69) is 29.7 Å². The highest BCUT2D eigenvalue weighted by atomic mass is 19.1. The zero-order chi connectivity index (χ0) is 24.2. The number of halogens is 1. The fraction of sp³-hybridized carbons (Fsp3) is 0.310. The summed E-state index contributed by atoms with van der Waals surface area (Å²) in [7, 11) is 0. The average molecular weight is 472 g/mol. The van der Waals surface area contributed by atoms with Crippen molar-refractivity contribution < 1.29 is 13.9 Å². The molecule has 1 saturated heterocycles. The van der Waals surface area contributed by atoms with Gasteiger partial charge in [0, 0.05) is 31.1 Å². The number of anilines is 1. The van der Waals surface area contributed by atoms with E-state index in [0.717, 1.165) is 54.1 Å². The first kappa shape index (κ1) is 23.1. The highest BCUT2D eigenvalue weighted by Gasteiger charge is 2.34. The molecule has 35 heavy (non-hydrogen) atoms. The maximum Gasteiger partial charge on any atom is 0.227 e. The lowest BCUT2D eigenvalue weighted by Gasteiger charge is -2.17. The number of carbonyl (C=O) groups excluding carboxylic acids is 1. The summed E-state index contributed by atoms with van der Waals surface area (Å²) in [6, 6.07) is 22.5. The third-order valence-corrected chi connectivity index (χ3v) is 6.69. The van der Waals surface area contributed by atoms with Crippen molar-refractivity contribution in [2.24, 2.45) is 0 Å². The van der Waals surface area contributed by atoms with Gasteiger partial charge < -0.3 is 14.2 Å². The first-order chi connectivity index (χ1) is 17.1. The van der Waals surface area contributed by atoms with Gasteiger partial charge in [0.05, 0.1) is 17.6 Å². The van der Waals surface area contributed by atoms with Crippen molar-refractivity contribution in [1.29, 1.82) is 0 Å². The van der Waals surface area contributed by atoms with E-state index in [1.165, 1.54) is 17.7 Å². The standard InChI is InChI=1S/C29H30FN3O2/c1-2-21-9-15-25(16-10-21)35-18-6-5-17-32-27-8-4-3-7-26(27)31-29(32)22-19-28(34)33(20-22)24-13-11-23(30)12-14-24/h3-4,7-16,22H,2,5-6,17-20H2,1H3/t22-/m0/s1. The number of ether oxygens (including phenoxy) is 1. The second-order valence-corrected chi connectivity index (χ2v) is 9.05. The number of nitrogens with zero attached hydrogens (tertiary/aromatic N) is 3. The lowest BCUT2D eigenvalue weighted by molar-refractivity contribution is -0.117. The summed E-state index contributed by atoms with van der Waals surface area (Å²) in [5, 5.41) is 0. The summed E-state index contributed by atoms with van der Waals surface area (Å²) in [5.74, 6) is 1.58. The van der Waals surface area contributed by atoms with Gasteiger partial charge in [-0.1, -0.05) is 31.2 Å². The van der Waals surface area contributed by atoms with Crippen LogP contribution in [0.25, 0.3) is 11.0 Å². The summed E-state index contributed by atoms with van der Waals surface area (Å²) in [5.41, 5.74) is 4.07. The number of fused-ring (bicyclic) bond motifs is 1. The van der Waals surface area contributed by atoms with Gasteiger partial charge in [0.15, 0.2) is 0 Å². The Morgan fingerprint density at radius 3 is 2.54 bits per heavy atom. The van der Waals surface area contributed by atoms with Gasteiger partial charge in [0.1, 0.15) is 17.4 Å². The second-order valence-electron chi connectivity index (χ2n) is 9.05. The molecule has 180 valence electrons. The van der Waals surface area contributed by atoms with Crippen LogP contribution >= 0.6 is 0 Å². The Morgan fingerprint density at radius 2 is 1.77 bits per heavy atom. The number of aromatic nitrogens is 2. The lowest BCUT2D eigenvalue weighted by Crippen LogP contribution is -2.24. The van der Waals surface area contributed by atoms with E-state index in [1.807, 2.05) is 30.3 Å². The van der Waals surface area contributed by atoms with Crippen LogP contribution in [0.15, 0.2) is 72.8 Å². The van der Waals surface area contributed by atoms with Crippen LogP contribution < -0.4 is 9.64 Å². The predicted octanol–water partition coefficient (Wildman–Crippen LogP) is 6.12. The van der Waals surface area contributed by atoms with Crippen LogP contribution in [0.1, 0.15) is 43.5 Å². The summed E-state index contributed by atoms with van der Waals surface area (Å²) >= 11 is 0. The molecular formula is C29H30FN3O2. The van der Waals surface area contributed by atoms with Gasteiger partial charge in [-0.3, -0.25) is 4.79 Å². The Morgan fingerprint density at radius 1 is 1.00 bits per heavy atom. The van der Waals surface area contributed by atoms with E-state index in [-0.39, 0.29) is 17.6 Å². The van der Waals surface area contributed by atoms with Crippen molar-refractivity contribution in [1.82, 2.24) is 9.55 Å². The van der Waals surface area contributed by atoms with E-state index < -0.39 is 0 Å². The average Bonchev–Trinajstić information content (AvgIpc) is 3.45. The number of imidazole rings is 1. The smallest absolute Gasteiger partial charge is 0.227 e. The Kier molecular flexibility index (Phi) is 6.80. The van der Waals surface area contributed by atoms with Crippen LogP contribution in [0.5, 0.6) is 5.75 Å². The van der Waals surface area contributed by atoms with Crippen molar-refractivity contribution in [2.75, 3.05) is 18.1 Å². The number of hydrogen-bond acceptors (Lipinski definition) is 3. The van der Waals surface area contributed by atoms with E-state index in [0.29, 0.717) is 19.6 Å². The Hall–Kier alpha value is -3.67. The molecule has 0 N–H and O–H groups in total. The van der Waals surface area contributed by atoms with Crippen LogP contribution in [0, 0.1) is 5.82 Å². The molecule has 5 nitrogen and oxygen atoms in total. The van der Waals surface area contributed by atoms with E-state index >= 15 is 0 Å². The SMILES string of the molecule is CCc1ccc(OCCCCn2c([C@H]3CC(=O)N(c4ccc(F)cc4)C3)nc3ccccc32)cc1. The van der Waals surface area contributed by atoms with Gasteiger partial charge >= 0.3 is 0 Å². The number of unbranched alkanes of at least 4 members (excludes halogenated alkanes) is 1. The van der Waals surface area contributed by atoms with Crippen LogP contribution in [0.3, 0.4) is 0 Å². The molecule has 0 bridgehead atoms. The molecule has 2 heterocycles. The lowest BCUT2D eigenvalue weighted by atomic mass is 10.1. The molecular weight excluding hydrogens is 441 g/mol. The molecule has 6 heteroatoms. The van der Waals surface area contributed by atoms with Crippen molar-refractivity contribution in [3.05, 3.63) is 90.0 Å². The first-order valence-corrected chi connectivity index (χ1v) is 12.3. The number of para-hydroxylation sites is 2. The normalized spacial score (nSPS) is 15.8. The molecule has 4 aromatic rings. The molecule has 1 aromatic heterocycles. The third-order valence-electron chi connectivity index (χ3n) is 6.69. The minimum Gasteiger partial charge on any atom is -0.494 e. The number of benzene rings is 3. The molecule has 1 amide bonds. The Balaban J connectivity index is 1.26. The van der Waals surface area contributed by atoms with Gasteiger partial charge in [0.25, 0.3) is 0 Å². The van der Waals surface area contributed by atoms with Gasteiger partial charge in [0.2, 0.25) is 5.91 Å². The van der Waals surface area contributed by atoms with Crippen molar-refractivity contribution in [3.63, 3.8) is 0 Å². The maximum atomic E-state index is 13.4. The monoisotopic (exact) mass is 471 g/mol. The minimum atomic E-state index is -0.305. The molecule has 1 aliphatic rings. The number of aryl methyl sites for hydroxylation is 2. The van der Waals surface area contributed by atoms with Gasteiger partial charge in [-0.25, -0.2) is 9.37 Å². The summed E-state index contributed by atoms with van der Waals surface area (Å²) in [6.45, 7) is 4.17. The number of rotatable bonds is 9. The van der Waals surface area contributed by atoms with E-state index in [1.54, 1.807) is 17.0 Å². The highest BCUT2D eigenvalue weighted by molar-refractivity contribution is 5.96. The van der Waals surface area contributed by atoms with Crippen LogP contribution in [-0.4, -0.2) is 28.6 Å². The largest absolute Gasteiger partial charge is 0.494 e. The third kappa shape index (κ3) is 5.06. The summed E-state index contributed by atoms with van der Waals surface area (Å²) < 4.78 is 21.5. The van der Waals surface area contributed by atoms with Crippen LogP contribution in [0.4, 0.5) is 10.1 Å². The summed E-state index contributed by atoms with van der Waals surface area (Å²) in [4.78, 5) is 19.5. The van der Waals surface area contributed by atoms with E-state index in [4.69, 9.17) is 9.72 Å². The van der Waals surface area contributed by atoms with Crippen molar-refractivity contribution in [3.8, 4) is 5.75 Å². The zero-order valence-electron chi connectivity index (χ0n) is 20.0. The number of amides is 1. The Bertz CT molecular complexity index is 1300. The molecule has 1 aliphatic heterocycles. The molecule has 5 rings (SSSR count). The molecule has 1 fully saturated rings. The van der Waals surface area contributed by atoms with Gasteiger partial charge in [-0.05, 0) is 73.4 Å². The molecule has 1 atom stereocenters. The topological polar surface area (TPSA) is 47.4 Å². The molecule has 0 spiro atoms. The van der Waals surface area contributed by atoms with Crippen LogP contribution in [-0.2, 0) is 17.8 Å². The van der Waals surface area contributed by atoms with E-state index in [9.17, 15) is 9.18 Å². The molecule has 3 aromatic carbocycles. The minimum absolute atomic E-state index is 0.00622. The predicted molar refractivity (Wildman–Crippen MR) is 136 cm³/mol. The van der Waals surface area contributed by atoms with Crippen LogP contribution in [0.2, 0.25) is 0 Å². The number of hydrogen-bond donors (Lipinski definition) is 0. The molecule has 0 unspecified atom stereocenters. The first-order valence-electron chi connectivity index (χ1n) is 12.3. The number of carbonyl (C=O) groups is 1. The fourth-order valence-electron chi connectivity index (χ4n) is 4.78. The van der Waals surface area contributed by atoms with Gasteiger partial charge in [-0.15, -0.1) is 0 Å². The maximum absolute atomic E-state index is 13.4. The quantitative estimate of drug-likeness (QED) is 0.276. The molecule has 0 saturated carbocycles. The van der Waals surface area contributed by atoms with Crippen molar-refractivity contribution >= 4 is 22.6 Å². The molecule has 0 radical (unpaired) electrons. The second kappa shape index (κ2) is 10.3. The summed E-state index contributed by atoms with van der Waals surface area (Å²) in [6.07, 6.45) is 3.29. The van der Waals surface area contributed by atoms with Gasteiger partial charge in [-0.2, -0.15) is 0 Å². The fourth-order valence-corrected chi connectivity index (χ4v) is 4.78. The molecule has 0 aliphatic carbocycles.